The van der Waals surface area contributed by atoms with Gasteiger partial charge in [-0.05, 0) is 82.0 Å². The Morgan fingerprint density at radius 3 is 2.39 bits per heavy atom. The topological polar surface area (TPSA) is 29.5 Å². The maximum absolute atomic E-state index is 9.62. The van der Waals surface area contributed by atoms with E-state index in [9.17, 15) is 5.11 Å². The van der Waals surface area contributed by atoms with Gasteiger partial charge in [-0.2, -0.15) is 0 Å². The van der Waals surface area contributed by atoms with E-state index >= 15 is 0 Å². The van der Waals surface area contributed by atoms with Gasteiger partial charge in [-0.1, -0.05) is 11.8 Å². The van der Waals surface area contributed by atoms with Crippen molar-refractivity contribution in [3.8, 4) is 11.5 Å². The summed E-state index contributed by atoms with van der Waals surface area (Å²) in [6.45, 7) is 12.9. The molecule has 0 unspecified atom stereocenters. The fraction of sp³-hybridized carbons (Fsp3) is 0.400. The van der Waals surface area contributed by atoms with E-state index in [1.165, 1.54) is 32.0 Å². The summed E-state index contributed by atoms with van der Waals surface area (Å²) in [5.74, 6) is 1.40. The Hall–Kier alpha value is -1.61. The second kappa shape index (κ2) is 5.48. The normalized spacial score (nSPS) is 15.4. The van der Waals surface area contributed by atoms with E-state index in [2.05, 4.69) is 34.6 Å². The molecule has 0 bridgehead atoms. The third-order valence-corrected chi connectivity index (χ3v) is 6.16. The first-order chi connectivity index (χ1) is 10.7. The quantitative estimate of drug-likeness (QED) is 0.790. The predicted octanol–water partition coefficient (Wildman–Crippen LogP) is 5.49. The van der Waals surface area contributed by atoms with E-state index in [1.54, 1.807) is 17.8 Å². The molecule has 122 valence electrons. The lowest BCUT2D eigenvalue weighted by Gasteiger charge is -2.19. The molecule has 3 heteroatoms. The summed E-state index contributed by atoms with van der Waals surface area (Å²) in [7, 11) is 0. The summed E-state index contributed by atoms with van der Waals surface area (Å²) >= 11 is 1.79. The van der Waals surface area contributed by atoms with Gasteiger partial charge in [0.05, 0.1) is 0 Å². The Balaban J connectivity index is 2.09. The lowest BCUT2D eigenvalue weighted by atomic mass is 9.94. The molecule has 0 aliphatic carbocycles. The van der Waals surface area contributed by atoms with E-state index in [1.807, 2.05) is 19.1 Å². The zero-order valence-corrected chi connectivity index (χ0v) is 15.5. The molecule has 0 saturated carbocycles. The Labute approximate surface area is 142 Å². The number of aryl methyl sites for hydroxylation is 1. The zero-order chi connectivity index (χ0) is 16.9. The Morgan fingerprint density at radius 1 is 1.04 bits per heavy atom. The highest BCUT2D eigenvalue weighted by Gasteiger charge is 2.34. The molecule has 1 aliphatic heterocycles. The van der Waals surface area contributed by atoms with Gasteiger partial charge in [0.2, 0.25) is 0 Å². The maximum atomic E-state index is 9.62. The number of hydrogen-bond acceptors (Lipinski definition) is 3. The third kappa shape index (κ3) is 2.83. The first kappa shape index (κ1) is 16.3. The number of aromatic hydroxyl groups is 1. The number of rotatable bonds is 2. The van der Waals surface area contributed by atoms with Crippen molar-refractivity contribution in [2.75, 3.05) is 0 Å². The van der Waals surface area contributed by atoms with Crippen LogP contribution in [0.2, 0.25) is 0 Å². The summed E-state index contributed by atoms with van der Waals surface area (Å²) in [5.41, 5.74) is 6.18. The molecule has 0 atom stereocenters. The summed E-state index contributed by atoms with van der Waals surface area (Å²) in [6.07, 6.45) is 0.956. The first-order valence-electron chi connectivity index (χ1n) is 7.99. The van der Waals surface area contributed by atoms with Crippen molar-refractivity contribution in [1.82, 2.24) is 0 Å². The van der Waals surface area contributed by atoms with Crippen LogP contribution in [0.15, 0.2) is 28.0 Å². The number of fused-ring (bicyclic) bond motifs is 1. The van der Waals surface area contributed by atoms with Gasteiger partial charge in [0.1, 0.15) is 17.1 Å². The molecule has 23 heavy (non-hydrogen) atoms. The highest BCUT2D eigenvalue weighted by atomic mass is 32.2. The van der Waals surface area contributed by atoms with Crippen LogP contribution in [0.5, 0.6) is 11.5 Å². The average molecular weight is 328 g/mol. The lowest BCUT2D eigenvalue weighted by molar-refractivity contribution is 0.137. The van der Waals surface area contributed by atoms with E-state index in [-0.39, 0.29) is 5.60 Å². The summed E-state index contributed by atoms with van der Waals surface area (Å²) < 4.78 is 6.19. The van der Waals surface area contributed by atoms with E-state index in [4.69, 9.17) is 4.74 Å². The van der Waals surface area contributed by atoms with Crippen molar-refractivity contribution in [3.05, 3.63) is 46.0 Å². The van der Waals surface area contributed by atoms with E-state index in [0.29, 0.717) is 5.75 Å². The van der Waals surface area contributed by atoms with Gasteiger partial charge < -0.3 is 9.84 Å². The largest absolute Gasteiger partial charge is 0.508 e. The molecule has 1 heterocycles. The van der Waals surface area contributed by atoms with Crippen molar-refractivity contribution in [2.45, 2.75) is 63.4 Å². The molecule has 0 saturated heterocycles. The molecule has 1 N–H and O–H groups in total. The van der Waals surface area contributed by atoms with Crippen LogP contribution < -0.4 is 4.74 Å². The minimum Gasteiger partial charge on any atom is -0.508 e. The van der Waals surface area contributed by atoms with Crippen molar-refractivity contribution >= 4 is 11.8 Å². The van der Waals surface area contributed by atoms with Crippen LogP contribution in [0.1, 0.15) is 41.7 Å². The van der Waals surface area contributed by atoms with Crippen LogP contribution in [0.25, 0.3) is 0 Å². The van der Waals surface area contributed by atoms with Gasteiger partial charge in [0.15, 0.2) is 0 Å². The minimum atomic E-state index is -0.123. The molecule has 0 radical (unpaired) electrons. The summed E-state index contributed by atoms with van der Waals surface area (Å²) in [5, 5.41) is 9.62. The number of phenols is 1. The third-order valence-electron chi connectivity index (χ3n) is 4.66. The van der Waals surface area contributed by atoms with Crippen molar-refractivity contribution in [1.29, 1.82) is 0 Å². The molecule has 3 rings (SSSR count). The van der Waals surface area contributed by atoms with Gasteiger partial charge in [0, 0.05) is 21.8 Å². The smallest absolute Gasteiger partial charge is 0.126 e. The molecular formula is C20H24O2S. The Kier molecular flexibility index (Phi) is 3.88. The minimum absolute atomic E-state index is 0.123. The second-order valence-electron chi connectivity index (χ2n) is 7.10. The fourth-order valence-electron chi connectivity index (χ4n) is 3.26. The fourth-order valence-corrected chi connectivity index (χ4v) is 4.41. The lowest BCUT2D eigenvalue weighted by Crippen LogP contribution is -2.24. The molecule has 2 nitrogen and oxygen atoms in total. The van der Waals surface area contributed by atoms with Crippen molar-refractivity contribution in [2.24, 2.45) is 0 Å². The number of hydrogen-bond donors (Lipinski definition) is 1. The van der Waals surface area contributed by atoms with Crippen molar-refractivity contribution < 1.29 is 9.84 Å². The van der Waals surface area contributed by atoms with Crippen LogP contribution in [0.4, 0.5) is 0 Å². The Bertz CT molecular complexity index is 791. The SMILES string of the molecule is Cc1cc(O)ccc1Sc1c(C)c(C)c2c(c1C)CC(C)(C)O2. The highest BCUT2D eigenvalue weighted by Crippen LogP contribution is 2.47. The van der Waals surface area contributed by atoms with E-state index < -0.39 is 0 Å². The van der Waals surface area contributed by atoms with E-state index in [0.717, 1.165) is 17.7 Å². The van der Waals surface area contributed by atoms with Gasteiger partial charge in [-0.15, -0.1) is 0 Å². The monoisotopic (exact) mass is 328 g/mol. The summed E-state index contributed by atoms with van der Waals surface area (Å²) in [6, 6.07) is 5.57. The molecular weight excluding hydrogens is 304 g/mol. The highest BCUT2D eigenvalue weighted by molar-refractivity contribution is 7.99. The van der Waals surface area contributed by atoms with Crippen LogP contribution in [0, 0.1) is 27.7 Å². The van der Waals surface area contributed by atoms with Gasteiger partial charge in [-0.3, -0.25) is 0 Å². The van der Waals surface area contributed by atoms with Crippen LogP contribution in [-0.4, -0.2) is 10.7 Å². The van der Waals surface area contributed by atoms with Gasteiger partial charge in [0.25, 0.3) is 0 Å². The summed E-state index contributed by atoms with van der Waals surface area (Å²) in [4.78, 5) is 2.50. The number of ether oxygens (including phenoxy) is 1. The van der Waals surface area contributed by atoms with Crippen molar-refractivity contribution in [3.63, 3.8) is 0 Å². The molecule has 2 aromatic rings. The molecule has 0 fully saturated rings. The van der Waals surface area contributed by atoms with Gasteiger partial charge >= 0.3 is 0 Å². The Morgan fingerprint density at radius 2 is 1.74 bits per heavy atom. The molecule has 2 aromatic carbocycles. The maximum Gasteiger partial charge on any atom is 0.126 e. The molecule has 0 amide bonds. The predicted molar refractivity (Wildman–Crippen MR) is 96.0 cm³/mol. The van der Waals surface area contributed by atoms with Gasteiger partial charge in [-0.25, -0.2) is 0 Å². The molecule has 0 spiro atoms. The van der Waals surface area contributed by atoms with Crippen LogP contribution >= 0.6 is 11.8 Å². The van der Waals surface area contributed by atoms with Crippen LogP contribution in [0.3, 0.4) is 0 Å². The van der Waals surface area contributed by atoms with Crippen LogP contribution in [-0.2, 0) is 6.42 Å². The number of benzene rings is 2. The second-order valence-corrected chi connectivity index (χ2v) is 8.15. The molecule has 1 aliphatic rings. The zero-order valence-electron chi connectivity index (χ0n) is 14.7. The number of phenolic OH excluding ortho intramolecular Hbond substituents is 1. The average Bonchev–Trinajstić information content (AvgIpc) is 2.79. The first-order valence-corrected chi connectivity index (χ1v) is 8.80. The standard InChI is InChI=1S/C20H24O2S/c1-11-9-15(21)7-8-17(11)23-19-13(3)12(2)18-16(14(19)4)10-20(5,6)22-18/h7-9,21H,10H2,1-6H3. The molecule has 0 aromatic heterocycles.